The Morgan fingerprint density at radius 1 is 0.929 bits per heavy atom. The van der Waals surface area contributed by atoms with Crippen molar-refractivity contribution in [2.45, 2.75) is 97.4 Å². The molecule has 2 aromatic rings. The third-order valence-electron chi connectivity index (χ3n) is 7.74. The van der Waals surface area contributed by atoms with Crippen LogP contribution in [0.15, 0.2) is 66.4 Å². The Morgan fingerprint density at radius 3 is 2.24 bits per heavy atom. The molecule has 2 amide bonds. The molecule has 42 heavy (non-hydrogen) atoms. The highest BCUT2D eigenvalue weighted by Crippen LogP contribution is 2.38. The summed E-state index contributed by atoms with van der Waals surface area (Å²) in [4.78, 5) is 26.8. The number of aryl methyl sites for hydroxylation is 2. The molecule has 0 heterocycles. The van der Waals surface area contributed by atoms with Gasteiger partial charge in [-0.2, -0.15) is 0 Å². The van der Waals surface area contributed by atoms with Crippen molar-refractivity contribution in [1.29, 1.82) is 0 Å². The van der Waals surface area contributed by atoms with Crippen molar-refractivity contribution in [3.8, 4) is 0 Å². The molecule has 3 N–H and O–H groups in total. The van der Waals surface area contributed by atoms with E-state index in [0.717, 1.165) is 56.7 Å². The zero-order valence-electron chi connectivity index (χ0n) is 26.9. The van der Waals surface area contributed by atoms with Crippen LogP contribution in [0.5, 0.6) is 0 Å². The largest absolute Gasteiger partial charge is 0.368 e. The van der Waals surface area contributed by atoms with E-state index < -0.39 is 0 Å². The second-order valence-electron chi connectivity index (χ2n) is 11.4. The van der Waals surface area contributed by atoms with Crippen LogP contribution in [0.2, 0.25) is 0 Å². The number of amides is 2. The molecule has 0 aliphatic heterocycles. The van der Waals surface area contributed by atoms with Gasteiger partial charge in [-0.25, -0.2) is 0 Å². The molecule has 1 atom stereocenters. The third kappa shape index (κ3) is 13.2. The van der Waals surface area contributed by atoms with Crippen LogP contribution < -0.4 is 16.0 Å². The van der Waals surface area contributed by atoms with Crippen LogP contribution in [0.3, 0.4) is 0 Å². The maximum Gasteiger partial charge on any atom is 0.239 e. The summed E-state index contributed by atoms with van der Waals surface area (Å²) in [6.45, 7) is 10.4. The smallest absolute Gasteiger partial charge is 0.239 e. The molecular weight excluding hydrogens is 520 g/mol. The van der Waals surface area contributed by atoms with E-state index >= 15 is 0 Å². The van der Waals surface area contributed by atoms with Crippen LogP contribution >= 0.6 is 0 Å². The number of allylic oxidation sites excluding steroid dienone is 1. The van der Waals surface area contributed by atoms with E-state index in [2.05, 4.69) is 86.1 Å². The number of carbonyl (C=O) groups is 2. The second-order valence-corrected chi connectivity index (χ2v) is 11.4. The van der Waals surface area contributed by atoms with Gasteiger partial charge in [0.25, 0.3) is 0 Å². The Hall–Kier alpha value is -3.12. The van der Waals surface area contributed by atoms with Crippen molar-refractivity contribution in [3.05, 3.63) is 83.1 Å². The number of likely N-dealkylation sites (N-methyl/N-ethyl adjacent to an activating group) is 1. The highest BCUT2D eigenvalue weighted by Gasteiger charge is 2.21. The first kappa shape index (κ1) is 35.1. The molecule has 1 saturated carbocycles. The van der Waals surface area contributed by atoms with E-state index in [9.17, 15) is 9.59 Å². The summed E-state index contributed by atoms with van der Waals surface area (Å²) < 4.78 is 0. The van der Waals surface area contributed by atoms with Crippen molar-refractivity contribution in [3.63, 3.8) is 0 Å². The van der Waals surface area contributed by atoms with E-state index in [1.165, 1.54) is 36.0 Å². The lowest BCUT2D eigenvalue weighted by Crippen LogP contribution is -2.44. The summed E-state index contributed by atoms with van der Waals surface area (Å²) in [6.07, 6.45) is 12.1. The SMILES string of the molecule is CC/C=C(\C(CCC)NCCC)N(C)CC(=O)NCC(=O)NCCCc1ccccc1C1CCC1.Cc1ccccc1. The average Bonchev–Trinajstić information content (AvgIpc) is 2.96. The van der Waals surface area contributed by atoms with Gasteiger partial charge in [-0.05, 0) is 75.5 Å². The first-order valence-corrected chi connectivity index (χ1v) is 16.2. The van der Waals surface area contributed by atoms with Crippen molar-refractivity contribution in [2.75, 3.05) is 33.2 Å². The molecule has 0 saturated heterocycles. The fourth-order valence-electron chi connectivity index (χ4n) is 5.26. The molecule has 3 rings (SSSR count). The number of nitrogens with zero attached hydrogens (tertiary/aromatic N) is 1. The van der Waals surface area contributed by atoms with E-state index in [4.69, 9.17) is 0 Å². The van der Waals surface area contributed by atoms with Gasteiger partial charge in [-0.3, -0.25) is 9.59 Å². The van der Waals surface area contributed by atoms with Gasteiger partial charge in [0.1, 0.15) is 0 Å². The predicted octanol–water partition coefficient (Wildman–Crippen LogP) is 6.51. The Morgan fingerprint density at radius 2 is 1.64 bits per heavy atom. The number of nitrogens with one attached hydrogen (secondary N) is 3. The standard InChI is InChI=1S/C29H48N4O2.C7H8/c1-5-12-26(30-19-7-3)27(13-6-2)33(4)22-29(35)32-21-28(34)31-20-11-17-23-14-8-9-18-25(23)24-15-10-16-24;1-7-5-3-2-4-6-7/h8-9,13-14,18,24,26,30H,5-7,10-12,15-17,19-22H2,1-4H3,(H,31,34)(H,32,35);2-6H,1H3/b27-13+;. The molecule has 2 aromatic carbocycles. The Labute approximate surface area is 255 Å². The van der Waals surface area contributed by atoms with Gasteiger partial charge in [0.2, 0.25) is 11.8 Å². The molecule has 6 nitrogen and oxygen atoms in total. The summed E-state index contributed by atoms with van der Waals surface area (Å²) in [7, 11) is 1.96. The van der Waals surface area contributed by atoms with Crippen LogP contribution in [0.4, 0.5) is 0 Å². The molecule has 1 unspecified atom stereocenters. The molecule has 1 aliphatic rings. The van der Waals surface area contributed by atoms with Gasteiger partial charge in [0.15, 0.2) is 0 Å². The minimum atomic E-state index is -0.134. The molecule has 0 radical (unpaired) electrons. The number of carbonyl (C=O) groups excluding carboxylic acids is 2. The van der Waals surface area contributed by atoms with E-state index in [1.807, 2.05) is 30.1 Å². The number of hydrogen-bond acceptors (Lipinski definition) is 4. The van der Waals surface area contributed by atoms with Crippen molar-refractivity contribution >= 4 is 11.8 Å². The molecule has 232 valence electrons. The van der Waals surface area contributed by atoms with Crippen LogP contribution in [-0.4, -0.2) is 56.0 Å². The monoisotopic (exact) mass is 576 g/mol. The molecule has 1 fully saturated rings. The van der Waals surface area contributed by atoms with E-state index in [-0.39, 0.29) is 30.9 Å². The predicted molar refractivity (Wildman–Crippen MR) is 177 cm³/mol. The van der Waals surface area contributed by atoms with Crippen molar-refractivity contribution < 1.29 is 9.59 Å². The Balaban J connectivity index is 0.000000766. The Bertz CT molecular complexity index is 1070. The summed E-state index contributed by atoms with van der Waals surface area (Å²) in [5.74, 6) is 0.456. The molecule has 1 aliphatic carbocycles. The Kier molecular flexibility index (Phi) is 17.3. The molecule has 6 heteroatoms. The lowest BCUT2D eigenvalue weighted by molar-refractivity contribution is -0.126. The van der Waals surface area contributed by atoms with Gasteiger partial charge in [-0.1, -0.05) is 99.8 Å². The van der Waals surface area contributed by atoms with Crippen LogP contribution in [0.1, 0.15) is 94.7 Å². The molecular formula is C36H56N4O2. The number of hydrogen-bond donors (Lipinski definition) is 3. The van der Waals surface area contributed by atoms with Gasteiger partial charge in [0.05, 0.1) is 13.1 Å². The number of rotatable bonds is 17. The van der Waals surface area contributed by atoms with Crippen LogP contribution in [0.25, 0.3) is 0 Å². The normalized spacial score (nSPS) is 13.8. The fraction of sp³-hybridized carbons (Fsp3) is 0.556. The third-order valence-corrected chi connectivity index (χ3v) is 7.74. The maximum atomic E-state index is 12.5. The molecule has 0 bridgehead atoms. The summed E-state index contributed by atoms with van der Waals surface area (Å²) in [5.41, 5.74) is 5.38. The topological polar surface area (TPSA) is 73.5 Å². The minimum Gasteiger partial charge on any atom is -0.368 e. The average molecular weight is 577 g/mol. The van der Waals surface area contributed by atoms with Gasteiger partial charge < -0.3 is 20.9 Å². The summed E-state index contributed by atoms with van der Waals surface area (Å²) >= 11 is 0. The van der Waals surface area contributed by atoms with Gasteiger partial charge >= 0.3 is 0 Å². The summed E-state index contributed by atoms with van der Waals surface area (Å²) in [6, 6.07) is 19.2. The second kappa shape index (κ2) is 20.7. The van der Waals surface area contributed by atoms with Crippen molar-refractivity contribution in [1.82, 2.24) is 20.9 Å². The van der Waals surface area contributed by atoms with Crippen molar-refractivity contribution in [2.24, 2.45) is 0 Å². The molecule has 0 aromatic heterocycles. The highest BCUT2D eigenvalue weighted by molar-refractivity contribution is 5.85. The van der Waals surface area contributed by atoms with Crippen LogP contribution in [0, 0.1) is 6.92 Å². The van der Waals surface area contributed by atoms with Crippen LogP contribution in [-0.2, 0) is 16.0 Å². The molecule has 0 spiro atoms. The first-order chi connectivity index (χ1) is 20.4. The number of benzene rings is 2. The fourth-order valence-corrected chi connectivity index (χ4v) is 5.26. The van der Waals surface area contributed by atoms with E-state index in [0.29, 0.717) is 6.54 Å². The zero-order chi connectivity index (χ0) is 30.6. The highest BCUT2D eigenvalue weighted by atomic mass is 16.2. The first-order valence-electron chi connectivity index (χ1n) is 16.2. The minimum absolute atomic E-state index is 0.0185. The lowest BCUT2D eigenvalue weighted by Gasteiger charge is -2.30. The zero-order valence-corrected chi connectivity index (χ0v) is 26.9. The maximum absolute atomic E-state index is 12.5. The van der Waals surface area contributed by atoms with Gasteiger partial charge in [0, 0.05) is 25.3 Å². The van der Waals surface area contributed by atoms with E-state index in [1.54, 1.807) is 0 Å². The lowest BCUT2D eigenvalue weighted by atomic mass is 9.77. The van der Waals surface area contributed by atoms with Gasteiger partial charge in [-0.15, -0.1) is 0 Å². The quantitative estimate of drug-likeness (QED) is 0.188. The summed E-state index contributed by atoms with van der Waals surface area (Å²) in [5, 5.41) is 9.34.